The topological polar surface area (TPSA) is 120 Å². The lowest BCUT2D eigenvalue weighted by molar-refractivity contribution is 0.0738. The first-order valence-electron chi connectivity index (χ1n) is 12.9. The highest BCUT2D eigenvalue weighted by Gasteiger charge is 2.37. The van der Waals surface area contributed by atoms with E-state index >= 15 is 0 Å². The molecule has 2 aliphatic heterocycles. The molecule has 11 heteroatoms. The molecule has 11 nitrogen and oxygen atoms in total. The molecule has 1 aromatic carbocycles. The Hall–Kier alpha value is -4.22. The molecular formula is C28H31N7O4. The van der Waals surface area contributed by atoms with Crippen LogP contribution in [0, 0.1) is 0 Å². The summed E-state index contributed by atoms with van der Waals surface area (Å²) in [5.41, 5.74) is 1.25. The van der Waals surface area contributed by atoms with Gasteiger partial charge in [0.15, 0.2) is 11.5 Å². The van der Waals surface area contributed by atoms with Gasteiger partial charge in [0.2, 0.25) is 5.95 Å². The summed E-state index contributed by atoms with van der Waals surface area (Å²) in [6.07, 6.45) is 4.30. The van der Waals surface area contributed by atoms with E-state index in [0.717, 1.165) is 30.1 Å². The zero-order valence-corrected chi connectivity index (χ0v) is 22.2. The number of rotatable bonds is 7. The molecule has 0 unspecified atom stereocenters. The van der Waals surface area contributed by atoms with E-state index in [1.54, 1.807) is 49.9 Å². The molecule has 0 radical (unpaired) electrons. The van der Waals surface area contributed by atoms with Crippen molar-refractivity contribution in [1.29, 1.82) is 0 Å². The minimum Gasteiger partial charge on any atom is -0.489 e. The van der Waals surface area contributed by atoms with Gasteiger partial charge in [-0.05, 0) is 44.5 Å². The van der Waals surface area contributed by atoms with E-state index in [9.17, 15) is 9.90 Å². The Bertz CT molecular complexity index is 1620. The Morgan fingerprint density at radius 3 is 2.90 bits per heavy atom. The van der Waals surface area contributed by atoms with Gasteiger partial charge in [0.05, 0.1) is 30.1 Å². The van der Waals surface area contributed by atoms with Crippen molar-refractivity contribution in [2.45, 2.75) is 44.6 Å². The molecule has 0 amide bonds. The third-order valence-corrected chi connectivity index (χ3v) is 7.22. The van der Waals surface area contributed by atoms with Gasteiger partial charge in [-0.15, -0.1) is 6.58 Å². The second kappa shape index (κ2) is 9.51. The van der Waals surface area contributed by atoms with E-state index in [4.69, 9.17) is 14.5 Å². The lowest BCUT2D eigenvalue weighted by Crippen LogP contribution is -2.38. The van der Waals surface area contributed by atoms with Crippen molar-refractivity contribution in [3.05, 3.63) is 71.3 Å². The molecule has 2 N–H and O–H groups in total. The standard InChI is InChI=1S/C28H31N7O4/c1-5-11-34-26(36)20-14-29-27(32-25(20)35(34)24-8-6-7-23(31-24)28(2,3)37)30-17-9-10-21-22(12-17)39-16-18-13-19(38-4)15-33(18)21/h5-10,12,14,18-19,37H,1,11,13,15-16H2,2-4H3,(H,29,30,32)/t18-,19+/m0/s1. The number of anilines is 3. The minimum absolute atomic E-state index is 0.201. The van der Waals surface area contributed by atoms with Crippen molar-refractivity contribution in [1.82, 2.24) is 24.3 Å². The molecule has 3 aromatic heterocycles. The number of hydrogen-bond acceptors (Lipinski definition) is 9. The smallest absolute Gasteiger partial charge is 0.278 e. The number of allylic oxidation sites excluding steroid dienone is 1. The summed E-state index contributed by atoms with van der Waals surface area (Å²) < 4.78 is 14.8. The molecule has 202 valence electrons. The Morgan fingerprint density at radius 2 is 2.13 bits per heavy atom. The van der Waals surface area contributed by atoms with Crippen LogP contribution in [0.2, 0.25) is 0 Å². The van der Waals surface area contributed by atoms with Gasteiger partial charge in [0, 0.05) is 31.6 Å². The first kappa shape index (κ1) is 25.1. The van der Waals surface area contributed by atoms with Gasteiger partial charge >= 0.3 is 0 Å². The molecule has 1 saturated heterocycles. The average Bonchev–Trinajstić information content (AvgIpc) is 3.47. The predicted molar refractivity (Wildman–Crippen MR) is 148 cm³/mol. The fraction of sp³-hybridized carbons (Fsp3) is 0.357. The van der Waals surface area contributed by atoms with E-state index < -0.39 is 5.60 Å². The number of nitrogens with zero attached hydrogens (tertiary/aromatic N) is 6. The molecular weight excluding hydrogens is 498 g/mol. The second-order valence-electron chi connectivity index (χ2n) is 10.4. The Labute approximate surface area is 225 Å². The molecule has 2 atom stereocenters. The number of nitrogens with one attached hydrogen (secondary N) is 1. The fourth-order valence-corrected chi connectivity index (χ4v) is 5.25. The fourth-order valence-electron chi connectivity index (χ4n) is 5.25. The van der Waals surface area contributed by atoms with Crippen molar-refractivity contribution >= 4 is 28.4 Å². The second-order valence-corrected chi connectivity index (χ2v) is 10.4. The summed E-state index contributed by atoms with van der Waals surface area (Å²) >= 11 is 0. The highest BCUT2D eigenvalue weighted by atomic mass is 16.5. The molecule has 0 aliphatic carbocycles. The maximum absolute atomic E-state index is 13.2. The number of aromatic nitrogens is 5. The van der Waals surface area contributed by atoms with Crippen LogP contribution >= 0.6 is 0 Å². The van der Waals surface area contributed by atoms with E-state index in [2.05, 4.69) is 26.8 Å². The van der Waals surface area contributed by atoms with E-state index in [1.807, 2.05) is 18.2 Å². The van der Waals surface area contributed by atoms with Crippen molar-refractivity contribution < 1.29 is 14.6 Å². The van der Waals surface area contributed by atoms with Gasteiger partial charge in [-0.1, -0.05) is 12.1 Å². The van der Waals surface area contributed by atoms with Crippen LogP contribution in [-0.2, 0) is 16.9 Å². The van der Waals surface area contributed by atoms with Crippen molar-refractivity contribution in [2.24, 2.45) is 0 Å². The minimum atomic E-state index is -1.15. The summed E-state index contributed by atoms with van der Waals surface area (Å²) in [7, 11) is 1.75. The maximum Gasteiger partial charge on any atom is 0.278 e. The van der Waals surface area contributed by atoms with Gasteiger partial charge < -0.3 is 24.8 Å². The molecule has 39 heavy (non-hydrogen) atoms. The van der Waals surface area contributed by atoms with Crippen molar-refractivity contribution in [2.75, 3.05) is 30.5 Å². The van der Waals surface area contributed by atoms with Gasteiger partial charge in [-0.2, -0.15) is 4.98 Å². The average molecular weight is 530 g/mol. The molecule has 6 rings (SSSR count). The number of benzene rings is 1. The number of hydrogen-bond donors (Lipinski definition) is 2. The largest absolute Gasteiger partial charge is 0.489 e. The lowest BCUT2D eigenvalue weighted by Gasteiger charge is -2.33. The first-order valence-corrected chi connectivity index (χ1v) is 12.9. The molecule has 0 saturated carbocycles. The van der Waals surface area contributed by atoms with Crippen molar-refractivity contribution in [3.8, 4) is 11.6 Å². The lowest BCUT2D eigenvalue weighted by atomic mass is 10.1. The van der Waals surface area contributed by atoms with Crippen LogP contribution in [-0.4, -0.2) is 61.8 Å². The normalized spacial score (nSPS) is 18.5. The molecule has 1 fully saturated rings. The van der Waals surface area contributed by atoms with Gasteiger partial charge in [-0.25, -0.2) is 19.3 Å². The van der Waals surface area contributed by atoms with E-state index in [-0.39, 0.29) is 18.2 Å². The Kier molecular flexibility index (Phi) is 6.12. The SMILES string of the molecule is C=CCn1c(=O)c2cnc(Nc3ccc4c(c3)OC[C@@H]3C[C@@H](OC)CN43)nc2n1-c1cccc(C(C)(C)O)n1. The first-order chi connectivity index (χ1) is 18.8. The third kappa shape index (κ3) is 4.43. The highest BCUT2D eigenvalue weighted by molar-refractivity contribution is 5.77. The number of methoxy groups -OCH3 is 1. The van der Waals surface area contributed by atoms with Crippen LogP contribution in [0.5, 0.6) is 5.75 Å². The zero-order chi connectivity index (χ0) is 27.3. The van der Waals surface area contributed by atoms with Gasteiger partial charge in [-0.3, -0.25) is 4.79 Å². The Balaban J connectivity index is 1.38. The van der Waals surface area contributed by atoms with Gasteiger partial charge in [0.25, 0.3) is 5.56 Å². The Morgan fingerprint density at radius 1 is 1.28 bits per heavy atom. The summed E-state index contributed by atoms with van der Waals surface area (Å²) in [5.74, 6) is 1.56. The van der Waals surface area contributed by atoms with E-state index in [1.165, 1.54) is 10.9 Å². The highest BCUT2D eigenvalue weighted by Crippen LogP contribution is 2.40. The summed E-state index contributed by atoms with van der Waals surface area (Å²) in [6, 6.07) is 11.5. The van der Waals surface area contributed by atoms with Crippen LogP contribution in [0.25, 0.3) is 16.9 Å². The number of ether oxygens (including phenoxy) is 2. The van der Waals surface area contributed by atoms with Gasteiger partial charge in [0.1, 0.15) is 23.3 Å². The monoisotopic (exact) mass is 529 g/mol. The molecule has 2 aliphatic rings. The zero-order valence-electron chi connectivity index (χ0n) is 22.2. The quantitative estimate of drug-likeness (QED) is 0.348. The third-order valence-electron chi connectivity index (χ3n) is 7.22. The maximum atomic E-state index is 13.2. The molecule has 4 aromatic rings. The van der Waals surface area contributed by atoms with Crippen LogP contribution in [0.1, 0.15) is 26.0 Å². The molecule has 0 spiro atoms. The van der Waals surface area contributed by atoms with Crippen LogP contribution < -0.4 is 20.5 Å². The van der Waals surface area contributed by atoms with Crippen molar-refractivity contribution in [3.63, 3.8) is 0 Å². The molecule has 5 heterocycles. The van der Waals surface area contributed by atoms with Crippen LogP contribution in [0.4, 0.5) is 17.3 Å². The number of fused-ring (bicyclic) bond motifs is 4. The molecule has 0 bridgehead atoms. The predicted octanol–water partition coefficient (Wildman–Crippen LogP) is 3.12. The summed E-state index contributed by atoms with van der Waals surface area (Å²) in [5, 5.41) is 14.1. The van der Waals surface area contributed by atoms with Crippen LogP contribution in [0.15, 0.2) is 60.0 Å². The summed E-state index contributed by atoms with van der Waals surface area (Å²) in [6.45, 7) is 8.81. The number of aliphatic hydroxyl groups is 1. The van der Waals surface area contributed by atoms with E-state index in [0.29, 0.717) is 41.1 Å². The van der Waals surface area contributed by atoms with Crippen LogP contribution in [0.3, 0.4) is 0 Å². The summed E-state index contributed by atoms with van der Waals surface area (Å²) in [4.78, 5) is 29.3. The number of pyridine rings is 1.